The Morgan fingerprint density at radius 1 is 1.25 bits per heavy atom. The quantitative estimate of drug-likeness (QED) is 0.607. The van der Waals surface area contributed by atoms with E-state index in [1.54, 1.807) is 4.88 Å². The van der Waals surface area contributed by atoms with Crippen molar-refractivity contribution >= 4 is 11.3 Å². The summed E-state index contributed by atoms with van der Waals surface area (Å²) in [7, 11) is 0. The maximum Gasteiger partial charge on any atom is 0.0928 e. The third-order valence-electron chi connectivity index (χ3n) is 2.44. The highest BCUT2D eigenvalue weighted by Gasteiger charge is 2.12. The molecule has 66 valence electrons. The smallest absolute Gasteiger partial charge is 0.0928 e. The molecule has 1 heterocycles. The molecule has 0 saturated heterocycles. The van der Waals surface area contributed by atoms with Crippen molar-refractivity contribution in [2.45, 2.75) is 45.4 Å². The molecule has 0 aliphatic heterocycles. The van der Waals surface area contributed by atoms with Gasteiger partial charge in [0.15, 0.2) is 0 Å². The average Bonchev–Trinajstić information content (AvgIpc) is 2.37. The lowest BCUT2D eigenvalue weighted by Gasteiger charge is -1.90. The van der Waals surface area contributed by atoms with Gasteiger partial charge in [-0.2, -0.15) is 0 Å². The van der Waals surface area contributed by atoms with Crippen molar-refractivity contribution in [1.82, 2.24) is 4.98 Å². The van der Waals surface area contributed by atoms with E-state index in [0.29, 0.717) is 0 Å². The minimum Gasteiger partial charge on any atom is -0.246 e. The Morgan fingerprint density at radius 2 is 2.08 bits per heavy atom. The number of hydrogen-bond acceptors (Lipinski definition) is 2. The van der Waals surface area contributed by atoms with E-state index in [4.69, 9.17) is 0 Å². The summed E-state index contributed by atoms with van der Waals surface area (Å²) < 4.78 is 0. The largest absolute Gasteiger partial charge is 0.246 e. The number of hydrogen-bond donors (Lipinski definition) is 0. The molecule has 0 radical (unpaired) electrons. The third-order valence-corrected chi connectivity index (χ3v) is 3.74. The maximum atomic E-state index is 4.65. The zero-order valence-electron chi connectivity index (χ0n) is 7.60. The van der Waals surface area contributed by atoms with E-state index in [9.17, 15) is 0 Å². The van der Waals surface area contributed by atoms with Gasteiger partial charge in [-0.1, -0.05) is 13.3 Å². The lowest BCUT2D eigenvalue weighted by atomic mass is 10.2. The topological polar surface area (TPSA) is 12.9 Å². The summed E-state index contributed by atoms with van der Waals surface area (Å²) in [5.74, 6) is 0. The zero-order chi connectivity index (χ0) is 8.39. The fraction of sp³-hybridized carbons (Fsp3) is 0.700. The first-order chi connectivity index (χ1) is 5.90. The van der Waals surface area contributed by atoms with Crippen molar-refractivity contribution in [2.24, 2.45) is 0 Å². The highest BCUT2D eigenvalue weighted by molar-refractivity contribution is 7.11. The minimum atomic E-state index is 1.11. The molecule has 2 rings (SSSR count). The van der Waals surface area contributed by atoms with Gasteiger partial charge in [-0.05, 0) is 32.1 Å². The normalized spacial score (nSPS) is 17.1. The number of aryl methyl sites for hydroxylation is 3. The van der Waals surface area contributed by atoms with Gasteiger partial charge < -0.3 is 0 Å². The fourth-order valence-electron chi connectivity index (χ4n) is 1.73. The molecule has 0 saturated carbocycles. The van der Waals surface area contributed by atoms with E-state index in [-0.39, 0.29) is 0 Å². The maximum absolute atomic E-state index is 4.65. The molecule has 2 heteroatoms. The molecular formula is C10H15NS. The predicted molar refractivity (Wildman–Crippen MR) is 52.8 cm³/mol. The van der Waals surface area contributed by atoms with Crippen LogP contribution in [-0.4, -0.2) is 4.98 Å². The van der Waals surface area contributed by atoms with Gasteiger partial charge in [0.1, 0.15) is 0 Å². The van der Waals surface area contributed by atoms with Crippen LogP contribution in [0.1, 0.15) is 41.8 Å². The van der Waals surface area contributed by atoms with Crippen LogP contribution in [0.25, 0.3) is 0 Å². The first-order valence-corrected chi connectivity index (χ1v) is 5.69. The summed E-state index contributed by atoms with van der Waals surface area (Å²) in [6, 6.07) is 0. The van der Waals surface area contributed by atoms with Crippen molar-refractivity contribution in [2.75, 3.05) is 0 Å². The zero-order valence-corrected chi connectivity index (χ0v) is 8.41. The third kappa shape index (κ3) is 1.53. The van der Waals surface area contributed by atoms with E-state index in [2.05, 4.69) is 11.9 Å². The van der Waals surface area contributed by atoms with Crippen LogP contribution in [-0.2, 0) is 19.3 Å². The van der Waals surface area contributed by atoms with Crippen LogP contribution in [0.4, 0.5) is 0 Å². The molecule has 1 nitrogen and oxygen atoms in total. The molecular weight excluding hydrogens is 166 g/mol. The van der Waals surface area contributed by atoms with Crippen LogP contribution in [0.15, 0.2) is 0 Å². The van der Waals surface area contributed by atoms with Gasteiger partial charge in [0.2, 0.25) is 0 Å². The molecule has 0 aromatic carbocycles. The lowest BCUT2D eigenvalue weighted by molar-refractivity contribution is 0.708. The van der Waals surface area contributed by atoms with Crippen LogP contribution in [0.3, 0.4) is 0 Å². The molecule has 1 aromatic rings. The van der Waals surface area contributed by atoms with Gasteiger partial charge >= 0.3 is 0 Å². The molecule has 1 aliphatic carbocycles. The summed E-state index contributed by atoms with van der Waals surface area (Å²) in [4.78, 5) is 6.22. The van der Waals surface area contributed by atoms with Crippen LogP contribution >= 0.6 is 11.3 Å². The van der Waals surface area contributed by atoms with Crippen molar-refractivity contribution in [1.29, 1.82) is 0 Å². The Hall–Kier alpha value is -0.370. The lowest BCUT2D eigenvalue weighted by Crippen LogP contribution is -1.86. The Labute approximate surface area is 77.8 Å². The SMILES string of the molecule is CCc1nc2c(s1)CCCCC2. The Bertz CT molecular complexity index is 241. The van der Waals surface area contributed by atoms with E-state index < -0.39 is 0 Å². The van der Waals surface area contributed by atoms with Gasteiger partial charge in [-0.25, -0.2) is 4.98 Å². The number of fused-ring (bicyclic) bond motifs is 1. The second-order valence-corrected chi connectivity index (χ2v) is 4.56. The van der Waals surface area contributed by atoms with Gasteiger partial charge in [-0.3, -0.25) is 0 Å². The van der Waals surface area contributed by atoms with E-state index in [0.717, 1.165) is 6.42 Å². The molecule has 0 N–H and O–H groups in total. The Morgan fingerprint density at radius 3 is 2.92 bits per heavy atom. The molecule has 12 heavy (non-hydrogen) atoms. The summed E-state index contributed by atoms with van der Waals surface area (Å²) in [6.45, 7) is 2.19. The molecule has 0 fully saturated rings. The molecule has 0 bridgehead atoms. The molecule has 1 aliphatic rings. The average molecular weight is 181 g/mol. The highest BCUT2D eigenvalue weighted by Crippen LogP contribution is 2.25. The molecule has 1 aromatic heterocycles. The van der Waals surface area contributed by atoms with E-state index in [1.165, 1.54) is 42.8 Å². The Balaban J connectivity index is 2.26. The Kier molecular flexibility index (Phi) is 2.45. The first kappa shape index (κ1) is 8.24. The van der Waals surface area contributed by atoms with Gasteiger partial charge in [0, 0.05) is 4.88 Å². The van der Waals surface area contributed by atoms with Crippen LogP contribution in [0, 0.1) is 0 Å². The fourth-order valence-corrected chi connectivity index (χ4v) is 2.83. The van der Waals surface area contributed by atoms with E-state index >= 15 is 0 Å². The highest BCUT2D eigenvalue weighted by atomic mass is 32.1. The van der Waals surface area contributed by atoms with Crippen LogP contribution in [0.5, 0.6) is 0 Å². The van der Waals surface area contributed by atoms with Gasteiger partial charge in [-0.15, -0.1) is 11.3 Å². The molecule has 0 amide bonds. The summed E-state index contributed by atoms with van der Waals surface area (Å²) in [6.07, 6.45) is 7.74. The molecule has 0 atom stereocenters. The van der Waals surface area contributed by atoms with Crippen molar-refractivity contribution in [3.8, 4) is 0 Å². The predicted octanol–water partition coefficient (Wildman–Crippen LogP) is 2.97. The second kappa shape index (κ2) is 3.56. The summed E-state index contributed by atoms with van der Waals surface area (Å²) in [5, 5.41) is 1.34. The number of nitrogens with zero attached hydrogens (tertiary/aromatic N) is 1. The van der Waals surface area contributed by atoms with Crippen LogP contribution < -0.4 is 0 Å². The number of thiazole rings is 1. The number of aromatic nitrogens is 1. The van der Waals surface area contributed by atoms with Gasteiger partial charge in [0.25, 0.3) is 0 Å². The monoisotopic (exact) mass is 181 g/mol. The standard InChI is InChI=1S/C10H15NS/c1-2-10-11-8-6-4-3-5-7-9(8)12-10/h2-7H2,1H3. The van der Waals surface area contributed by atoms with Crippen LogP contribution in [0.2, 0.25) is 0 Å². The molecule has 0 unspecified atom stereocenters. The van der Waals surface area contributed by atoms with Crippen molar-refractivity contribution < 1.29 is 0 Å². The first-order valence-electron chi connectivity index (χ1n) is 4.87. The number of rotatable bonds is 1. The molecule has 0 spiro atoms. The minimum absolute atomic E-state index is 1.11. The second-order valence-electron chi connectivity index (χ2n) is 3.39. The van der Waals surface area contributed by atoms with E-state index in [1.807, 2.05) is 11.3 Å². The summed E-state index contributed by atoms with van der Waals surface area (Å²) in [5.41, 5.74) is 1.41. The summed E-state index contributed by atoms with van der Waals surface area (Å²) >= 11 is 1.94. The van der Waals surface area contributed by atoms with Crippen molar-refractivity contribution in [3.63, 3.8) is 0 Å². The van der Waals surface area contributed by atoms with Gasteiger partial charge in [0.05, 0.1) is 10.7 Å². The van der Waals surface area contributed by atoms with Crippen molar-refractivity contribution in [3.05, 3.63) is 15.6 Å².